The number of hydrogen-bond donors (Lipinski definition) is 1. The zero-order valence-electron chi connectivity index (χ0n) is 6.88. The summed E-state index contributed by atoms with van der Waals surface area (Å²) in [6.07, 6.45) is 2.03. The Morgan fingerprint density at radius 2 is 2.08 bits per heavy atom. The fourth-order valence-electron chi connectivity index (χ4n) is 1.30. The van der Waals surface area contributed by atoms with Crippen LogP contribution in [0.3, 0.4) is 0 Å². The maximum atomic E-state index is 13.2. The number of nitrogens with one attached hydrogen (secondary N) is 1. The van der Waals surface area contributed by atoms with Crippen LogP contribution in [0.5, 0.6) is 0 Å². The number of benzene rings is 1. The van der Waals surface area contributed by atoms with Crippen molar-refractivity contribution in [3.63, 3.8) is 0 Å². The molecule has 3 heteroatoms. The lowest BCUT2D eigenvalue weighted by atomic mass is 10.1. The van der Waals surface area contributed by atoms with Gasteiger partial charge in [0.25, 0.3) is 0 Å². The minimum atomic E-state index is -0.309. The third kappa shape index (κ3) is 1.45. The molecule has 0 aliphatic carbocycles. The highest BCUT2D eigenvalue weighted by Gasteiger charge is 2.15. The van der Waals surface area contributed by atoms with Crippen LogP contribution in [0, 0.1) is 5.82 Å². The standard InChI is InChI=1S/C10H8FNO/c11-8-4-2-1-3-7(8)9-5-6-10(13)12-9/h1-5H,6H2,(H,12,13). The van der Waals surface area contributed by atoms with Gasteiger partial charge in [-0.25, -0.2) is 4.39 Å². The molecule has 0 unspecified atom stereocenters. The van der Waals surface area contributed by atoms with Crippen molar-refractivity contribution in [3.8, 4) is 0 Å². The van der Waals surface area contributed by atoms with Crippen LogP contribution in [0.2, 0.25) is 0 Å². The highest BCUT2D eigenvalue weighted by Crippen LogP contribution is 2.19. The summed E-state index contributed by atoms with van der Waals surface area (Å²) >= 11 is 0. The molecule has 1 aliphatic heterocycles. The summed E-state index contributed by atoms with van der Waals surface area (Å²) in [5.74, 6) is -0.394. The van der Waals surface area contributed by atoms with E-state index in [1.165, 1.54) is 6.07 Å². The van der Waals surface area contributed by atoms with Crippen LogP contribution in [-0.4, -0.2) is 5.91 Å². The molecule has 1 N–H and O–H groups in total. The molecule has 0 saturated heterocycles. The Kier molecular flexibility index (Phi) is 1.85. The van der Waals surface area contributed by atoms with Crippen LogP contribution in [0.15, 0.2) is 30.3 Å². The van der Waals surface area contributed by atoms with Crippen molar-refractivity contribution in [2.45, 2.75) is 6.42 Å². The molecule has 1 aromatic carbocycles. The molecule has 13 heavy (non-hydrogen) atoms. The second-order valence-electron chi connectivity index (χ2n) is 2.85. The second-order valence-corrected chi connectivity index (χ2v) is 2.85. The predicted octanol–water partition coefficient (Wildman–Crippen LogP) is 1.69. The number of rotatable bonds is 1. The van der Waals surface area contributed by atoms with E-state index in [-0.39, 0.29) is 11.7 Å². The summed E-state index contributed by atoms with van der Waals surface area (Å²) in [4.78, 5) is 10.9. The first-order valence-corrected chi connectivity index (χ1v) is 4.02. The number of carbonyl (C=O) groups excluding carboxylic acids is 1. The van der Waals surface area contributed by atoms with Crippen LogP contribution in [0.25, 0.3) is 5.70 Å². The highest BCUT2D eigenvalue weighted by atomic mass is 19.1. The van der Waals surface area contributed by atoms with E-state index in [1.54, 1.807) is 24.3 Å². The number of halogens is 1. The van der Waals surface area contributed by atoms with Crippen LogP contribution in [-0.2, 0) is 4.79 Å². The summed E-state index contributed by atoms with van der Waals surface area (Å²) in [5.41, 5.74) is 1.02. The van der Waals surface area contributed by atoms with E-state index in [0.717, 1.165) is 0 Å². The molecule has 0 atom stereocenters. The zero-order valence-corrected chi connectivity index (χ0v) is 6.88. The van der Waals surface area contributed by atoms with E-state index in [4.69, 9.17) is 0 Å². The van der Waals surface area contributed by atoms with E-state index in [2.05, 4.69) is 5.32 Å². The molecule has 0 spiro atoms. The van der Waals surface area contributed by atoms with E-state index >= 15 is 0 Å². The number of carbonyl (C=O) groups is 1. The van der Waals surface area contributed by atoms with E-state index in [9.17, 15) is 9.18 Å². The van der Waals surface area contributed by atoms with Crippen molar-refractivity contribution in [2.75, 3.05) is 0 Å². The predicted molar refractivity (Wildman–Crippen MR) is 47.1 cm³/mol. The Morgan fingerprint density at radius 3 is 2.69 bits per heavy atom. The van der Waals surface area contributed by atoms with Crippen LogP contribution < -0.4 is 5.32 Å². The molecular weight excluding hydrogens is 169 g/mol. The third-order valence-corrected chi connectivity index (χ3v) is 1.93. The third-order valence-electron chi connectivity index (χ3n) is 1.93. The summed E-state index contributed by atoms with van der Waals surface area (Å²) < 4.78 is 13.2. The minimum absolute atomic E-state index is 0.0850. The molecule has 1 heterocycles. The van der Waals surface area contributed by atoms with Crippen molar-refractivity contribution in [3.05, 3.63) is 41.7 Å². The number of hydrogen-bond acceptors (Lipinski definition) is 1. The zero-order chi connectivity index (χ0) is 9.26. The maximum Gasteiger partial charge on any atom is 0.228 e. The molecule has 0 fully saturated rings. The summed E-state index contributed by atoms with van der Waals surface area (Å²) in [5, 5.41) is 2.59. The monoisotopic (exact) mass is 177 g/mol. The van der Waals surface area contributed by atoms with Gasteiger partial charge in [0.1, 0.15) is 5.82 Å². The van der Waals surface area contributed by atoms with Crippen molar-refractivity contribution in [1.82, 2.24) is 5.32 Å². The lowest BCUT2D eigenvalue weighted by Gasteiger charge is -2.03. The molecule has 1 aliphatic rings. The van der Waals surface area contributed by atoms with Gasteiger partial charge in [-0.1, -0.05) is 18.2 Å². The first-order chi connectivity index (χ1) is 6.27. The molecule has 0 bridgehead atoms. The first-order valence-electron chi connectivity index (χ1n) is 4.02. The van der Waals surface area contributed by atoms with Crippen molar-refractivity contribution in [2.24, 2.45) is 0 Å². The van der Waals surface area contributed by atoms with Gasteiger partial charge in [0.05, 0.1) is 0 Å². The Balaban J connectivity index is 2.37. The largest absolute Gasteiger partial charge is 0.325 e. The van der Waals surface area contributed by atoms with E-state index < -0.39 is 0 Å². The molecule has 0 radical (unpaired) electrons. The smallest absolute Gasteiger partial charge is 0.228 e. The molecule has 0 saturated carbocycles. The molecule has 1 aromatic rings. The Labute approximate surface area is 75.1 Å². The maximum absolute atomic E-state index is 13.2. The van der Waals surface area contributed by atoms with Gasteiger partial charge in [-0.05, 0) is 12.1 Å². The molecule has 0 aromatic heterocycles. The lowest BCUT2D eigenvalue weighted by Crippen LogP contribution is -2.14. The van der Waals surface area contributed by atoms with Gasteiger partial charge < -0.3 is 5.32 Å². The fraction of sp³-hybridized carbons (Fsp3) is 0.100. The van der Waals surface area contributed by atoms with E-state index in [1.807, 2.05) is 0 Å². The fourth-order valence-corrected chi connectivity index (χ4v) is 1.30. The van der Waals surface area contributed by atoms with Crippen molar-refractivity contribution in [1.29, 1.82) is 0 Å². The van der Waals surface area contributed by atoms with Crippen molar-refractivity contribution >= 4 is 11.6 Å². The van der Waals surface area contributed by atoms with Gasteiger partial charge in [0.2, 0.25) is 5.91 Å². The van der Waals surface area contributed by atoms with Gasteiger partial charge in [-0.3, -0.25) is 4.79 Å². The molecule has 2 nitrogen and oxygen atoms in total. The molecule has 66 valence electrons. The SMILES string of the molecule is O=C1CC=C(c2ccccc2F)N1. The lowest BCUT2D eigenvalue weighted by molar-refractivity contribution is -0.118. The Hall–Kier alpha value is -1.64. The number of amides is 1. The van der Waals surface area contributed by atoms with Gasteiger partial charge >= 0.3 is 0 Å². The minimum Gasteiger partial charge on any atom is -0.325 e. The van der Waals surface area contributed by atoms with E-state index in [0.29, 0.717) is 17.7 Å². The Morgan fingerprint density at radius 1 is 1.31 bits per heavy atom. The topological polar surface area (TPSA) is 29.1 Å². The van der Waals surface area contributed by atoms with Gasteiger partial charge in [-0.2, -0.15) is 0 Å². The quantitative estimate of drug-likeness (QED) is 0.694. The normalized spacial score (nSPS) is 15.5. The van der Waals surface area contributed by atoms with Gasteiger partial charge in [-0.15, -0.1) is 0 Å². The summed E-state index contributed by atoms with van der Waals surface area (Å²) in [6.45, 7) is 0. The molecule has 2 rings (SSSR count). The summed E-state index contributed by atoms with van der Waals surface area (Å²) in [7, 11) is 0. The highest BCUT2D eigenvalue weighted by molar-refractivity contribution is 5.93. The molecule has 1 amide bonds. The van der Waals surface area contributed by atoms with Gasteiger partial charge in [0.15, 0.2) is 0 Å². The van der Waals surface area contributed by atoms with Crippen LogP contribution >= 0.6 is 0 Å². The average Bonchev–Trinajstić information content (AvgIpc) is 2.53. The van der Waals surface area contributed by atoms with Gasteiger partial charge in [0, 0.05) is 17.7 Å². The summed E-state index contributed by atoms with van der Waals surface area (Å²) in [6, 6.07) is 6.38. The van der Waals surface area contributed by atoms with Crippen LogP contribution in [0.4, 0.5) is 4.39 Å². The first kappa shape index (κ1) is 7.98. The average molecular weight is 177 g/mol. The van der Waals surface area contributed by atoms with Crippen molar-refractivity contribution < 1.29 is 9.18 Å². The van der Waals surface area contributed by atoms with Crippen LogP contribution in [0.1, 0.15) is 12.0 Å². The Bertz CT molecular complexity index is 384. The molecular formula is C10H8FNO. The second kappa shape index (κ2) is 3.01.